The third-order valence-corrected chi connectivity index (χ3v) is 3.14. The summed E-state index contributed by atoms with van der Waals surface area (Å²) in [5.74, 6) is -0.251. The molecular weight excluding hydrogens is 239 g/mol. The fourth-order valence-electron chi connectivity index (χ4n) is 1.45. The van der Waals surface area contributed by atoms with Gasteiger partial charge in [0.25, 0.3) is 10.1 Å². The van der Waals surface area contributed by atoms with Gasteiger partial charge in [0.05, 0.1) is 11.9 Å². The van der Waals surface area contributed by atoms with E-state index in [4.69, 9.17) is 4.55 Å². The van der Waals surface area contributed by atoms with Crippen LogP contribution in [0, 0.1) is 0 Å². The molecule has 0 aliphatic heterocycles. The van der Waals surface area contributed by atoms with Crippen molar-refractivity contribution in [3.63, 3.8) is 0 Å². The van der Waals surface area contributed by atoms with Gasteiger partial charge in [-0.3, -0.25) is 4.55 Å². The Morgan fingerprint density at radius 2 is 1.69 bits per heavy atom. The first kappa shape index (κ1) is 19.2. The second-order valence-electron chi connectivity index (χ2n) is 3.93. The summed E-state index contributed by atoms with van der Waals surface area (Å²) in [6, 6.07) is 0. The summed E-state index contributed by atoms with van der Waals surface area (Å²) in [7, 11) is -3.86. The van der Waals surface area contributed by atoms with Crippen LogP contribution in [-0.4, -0.2) is 29.9 Å². The Morgan fingerprint density at radius 1 is 1.12 bits per heavy atom. The molecule has 4 nitrogen and oxygen atoms in total. The van der Waals surface area contributed by atoms with Crippen LogP contribution in [0.25, 0.3) is 0 Å². The largest absolute Gasteiger partial charge is 1.00 e. The predicted molar refractivity (Wildman–Crippen MR) is 61.5 cm³/mol. The number of rotatable bonds is 9. The molecule has 0 saturated carbocycles. The molecule has 0 aromatic rings. The second kappa shape index (κ2) is 11.0. The average molecular weight is 262 g/mol. The molecule has 6 heteroatoms. The molecule has 0 spiro atoms. The van der Waals surface area contributed by atoms with Crippen LogP contribution in [0.5, 0.6) is 0 Å². The molecule has 94 valence electrons. The van der Waals surface area contributed by atoms with E-state index in [0.717, 1.165) is 19.3 Å². The van der Waals surface area contributed by atoms with E-state index in [2.05, 4.69) is 6.92 Å². The first-order chi connectivity index (χ1) is 6.95. The predicted octanol–water partition coefficient (Wildman–Crippen LogP) is -0.898. The van der Waals surface area contributed by atoms with Crippen LogP contribution < -0.4 is 29.6 Å². The van der Waals surface area contributed by atoms with Crippen molar-refractivity contribution in [1.29, 1.82) is 0 Å². The quantitative estimate of drug-likeness (QED) is 0.321. The number of aliphatic hydroxyl groups is 1. The van der Waals surface area contributed by atoms with E-state index in [0.29, 0.717) is 12.8 Å². The Morgan fingerprint density at radius 3 is 2.19 bits per heavy atom. The van der Waals surface area contributed by atoms with Crippen LogP contribution in [0.3, 0.4) is 0 Å². The van der Waals surface area contributed by atoms with Gasteiger partial charge in [-0.05, 0) is 19.3 Å². The zero-order chi connectivity index (χ0) is 11.7. The summed E-state index contributed by atoms with van der Waals surface area (Å²) < 4.78 is 29.2. The maximum absolute atomic E-state index is 10.4. The molecule has 0 aromatic heterocycles. The Kier molecular flexibility index (Phi) is 13.2. The molecule has 1 unspecified atom stereocenters. The standard InChI is InChI=1S/C10H22O4S.Na.H/c1-2-3-4-5-7-10(11)8-6-9-15(12,13)14;;/h10-11H,2-9H2,1H3,(H,12,13,14);;/q;+1;-1. The van der Waals surface area contributed by atoms with Crippen molar-refractivity contribution < 1.29 is 49.1 Å². The van der Waals surface area contributed by atoms with Gasteiger partial charge in [-0.1, -0.05) is 32.6 Å². The summed E-state index contributed by atoms with van der Waals surface area (Å²) in [6.07, 6.45) is 5.53. The third-order valence-electron chi connectivity index (χ3n) is 2.33. The molecule has 0 fully saturated rings. The van der Waals surface area contributed by atoms with Crippen LogP contribution in [0.4, 0.5) is 0 Å². The zero-order valence-electron chi connectivity index (χ0n) is 11.4. The van der Waals surface area contributed by atoms with E-state index < -0.39 is 16.2 Å². The summed E-state index contributed by atoms with van der Waals surface area (Å²) in [6.45, 7) is 2.13. The van der Waals surface area contributed by atoms with Crippen LogP contribution in [0.1, 0.15) is 53.3 Å². The Balaban J connectivity index is -0.000000980. The summed E-state index contributed by atoms with van der Waals surface area (Å²) in [5.41, 5.74) is 0. The fraction of sp³-hybridized carbons (Fsp3) is 1.00. The Hall–Kier alpha value is 0.870. The molecule has 16 heavy (non-hydrogen) atoms. The van der Waals surface area contributed by atoms with Crippen LogP contribution in [0.15, 0.2) is 0 Å². The SMILES string of the molecule is CCCCCCC(O)CCCS(=O)(=O)O.[H-].[Na+]. The van der Waals surface area contributed by atoms with Crippen LogP contribution in [0.2, 0.25) is 0 Å². The number of unbranched alkanes of at least 4 members (excludes halogenated alkanes) is 3. The van der Waals surface area contributed by atoms with Crippen molar-refractivity contribution in [2.45, 2.75) is 58.0 Å². The molecule has 0 saturated heterocycles. The van der Waals surface area contributed by atoms with Crippen molar-refractivity contribution in [3.8, 4) is 0 Å². The van der Waals surface area contributed by atoms with Crippen molar-refractivity contribution in [1.82, 2.24) is 0 Å². The molecule has 0 amide bonds. The van der Waals surface area contributed by atoms with Gasteiger partial charge in [0.2, 0.25) is 0 Å². The topological polar surface area (TPSA) is 74.6 Å². The second-order valence-corrected chi connectivity index (χ2v) is 5.50. The smallest absolute Gasteiger partial charge is 1.00 e. The van der Waals surface area contributed by atoms with Crippen molar-refractivity contribution in [2.24, 2.45) is 0 Å². The molecule has 1 atom stereocenters. The minimum absolute atomic E-state index is 0. The van der Waals surface area contributed by atoms with Gasteiger partial charge in [-0.25, -0.2) is 0 Å². The van der Waals surface area contributed by atoms with Gasteiger partial charge in [-0.2, -0.15) is 8.42 Å². The molecule has 0 radical (unpaired) electrons. The average Bonchev–Trinajstić information content (AvgIpc) is 2.10. The molecule has 0 bridgehead atoms. The minimum Gasteiger partial charge on any atom is -1.00 e. The van der Waals surface area contributed by atoms with Gasteiger partial charge < -0.3 is 6.53 Å². The minimum atomic E-state index is -3.86. The van der Waals surface area contributed by atoms with Gasteiger partial charge >= 0.3 is 29.6 Å². The molecule has 0 aromatic carbocycles. The number of aliphatic hydroxyl groups excluding tert-OH is 1. The maximum Gasteiger partial charge on any atom is 1.00 e. The van der Waals surface area contributed by atoms with E-state index in [1.54, 1.807) is 0 Å². The Labute approximate surface area is 122 Å². The Bertz CT molecular complexity index is 247. The first-order valence-corrected chi connectivity index (χ1v) is 7.20. The van der Waals surface area contributed by atoms with E-state index in [9.17, 15) is 13.5 Å². The molecule has 0 heterocycles. The molecular formula is C10H23NaO4S. The monoisotopic (exact) mass is 262 g/mol. The molecule has 0 aliphatic rings. The maximum atomic E-state index is 10.4. The van der Waals surface area contributed by atoms with E-state index in [-0.39, 0.29) is 36.7 Å². The van der Waals surface area contributed by atoms with E-state index in [1.807, 2.05) is 0 Å². The van der Waals surface area contributed by atoms with Crippen molar-refractivity contribution in [3.05, 3.63) is 0 Å². The third kappa shape index (κ3) is 14.9. The van der Waals surface area contributed by atoms with Gasteiger partial charge in [0.1, 0.15) is 0 Å². The summed E-state index contributed by atoms with van der Waals surface area (Å²) in [4.78, 5) is 0. The first-order valence-electron chi connectivity index (χ1n) is 5.59. The van der Waals surface area contributed by atoms with Crippen molar-refractivity contribution in [2.75, 3.05) is 5.75 Å². The van der Waals surface area contributed by atoms with Crippen LogP contribution in [-0.2, 0) is 10.1 Å². The van der Waals surface area contributed by atoms with E-state index in [1.165, 1.54) is 12.8 Å². The van der Waals surface area contributed by atoms with Crippen molar-refractivity contribution >= 4 is 10.1 Å². The normalized spacial score (nSPS) is 13.2. The summed E-state index contributed by atoms with van der Waals surface area (Å²) in [5, 5.41) is 9.47. The molecule has 0 aliphatic carbocycles. The fourth-order valence-corrected chi connectivity index (χ4v) is 1.98. The summed E-state index contributed by atoms with van der Waals surface area (Å²) >= 11 is 0. The number of hydrogen-bond donors (Lipinski definition) is 2. The van der Waals surface area contributed by atoms with E-state index >= 15 is 0 Å². The number of hydrogen-bond acceptors (Lipinski definition) is 3. The van der Waals surface area contributed by atoms with Gasteiger partial charge in [-0.15, -0.1) is 0 Å². The van der Waals surface area contributed by atoms with Gasteiger partial charge in [0.15, 0.2) is 0 Å². The molecule has 0 rings (SSSR count). The van der Waals surface area contributed by atoms with Crippen LogP contribution >= 0.6 is 0 Å². The zero-order valence-corrected chi connectivity index (χ0v) is 13.2. The molecule has 2 N–H and O–H groups in total. The van der Waals surface area contributed by atoms with Gasteiger partial charge in [0, 0.05) is 0 Å².